The van der Waals surface area contributed by atoms with Crippen molar-refractivity contribution in [1.82, 2.24) is 4.31 Å². The molecular formula is C10H24N2O2S. The number of hydrogen-bond acceptors (Lipinski definition) is 3. The van der Waals surface area contributed by atoms with E-state index in [4.69, 9.17) is 5.73 Å². The third-order valence-electron chi connectivity index (χ3n) is 2.29. The van der Waals surface area contributed by atoms with Crippen LogP contribution >= 0.6 is 0 Å². The van der Waals surface area contributed by atoms with Crippen molar-refractivity contribution in [2.75, 3.05) is 25.4 Å². The van der Waals surface area contributed by atoms with Gasteiger partial charge >= 0.3 is 0 Å². The molecule has 0 unspecified atom stereocenters. The second kappa shape index (κ2) is 8.07. The lowest BCUT2D eigenvalue weighted by molar-refractivity contribution is 0.409. The molecule has 0 saturated heterocycles. The summed E-state index contributed by atoms with van der Waals surface area (Å²) in [5.41, 5.74) is 5.42. The van der Waals surface area contributed by atoms with Gasteiger partial charge in [0.1, 0.15) is 0 Å². The standard InChI is InChI=1S/C10H24N2O2S/c1-3-5-8-12(9-7-11)15(13,14)10-6-4-2/h3-11H2,1-2H3. The summed E-state index contributed by atoms with van der Waals surface area (Å²) in [6.45, 7) is 5.51. The Hall–Kier alpha value is -0.130. The van der Waals surface area contributed by atoms with Gasteiger partial charge in [0.15, 0.2) is 0 Å². The molecule has 0 aromatic carbocycles. The van der Waals surface area contributed by atoms with E-state index in [0.29, 0.717) is 19.6 Å². The van der Waals surface area contributed by atoms with Crippen molar-refractivity contribution >= 4 is 10.0 Å². The predicted molar refractivity (Wildman–Crippen MR) is 64.2 cm³/mol. The van der Waals surface area contributed by atoms with Crippen LogP contribution in [0.1, 0.15) is 39.5 Å². The maximum Gasteiger partial charge on any atom is 0.214 e. The van der Waals surface area contributed by atoms with E-state index in [9.17, 15) is 8.42 Å². The van der Waals surface area contributed by atoms with Gasteiger partial charge in [-0.15, -0.1) is 0 Å². The molecule has 0 aliphatic rings. The van der Waals surface area contributed by atoms with E-state index in [2.05, 4.69) is 6.92 Å². The number of hydrogen-bond donors (Lipinski definition) is 1. The summed E-state index contributed by atoms with van der Waals surface area (Å²) in [5.74, 6) is 0.257. The molecule has 0 rings (SSSR count). The van der Waals surface area contributed by atoms with E-state index in [1.165, 1.54) is 4.31 Å². The molecule has 0 aliphatic carbocycles. The van der Waals surface area contributed by atoms with Gasteiger partial charge in [-0.2, -0.15) is 0 Å². The number of nitrogens with two attached hydrogens (primary N) is 1. The van der Waals surface area contributed by atoms with Crippen molar-refractivity contribution in [2.45, 2.75) is 39.5 Å². The summed E-state index contributed by atoms with van der Waals surface area (Å²) < 4.78 is 25.2. The Morgan fingerprint density at radius 3 is 2.13 bits per heavy atom. The van der Waals surface area contributed by atoms with Gasteiger partial charge < -0.3 is 5.73 Å². The minimum atomic E-state index is -3.07. The zero-order valence-corrected chi connectivity index (χ0v) is 10.7. The first-order valence-electron chi connectivity index (χ1n) is 5.76. The molecule has 0 aliphatic heterocycles. The molecule has 4 nitrogen and oxygen atoms in total. The monoisotopic (exact) mass is 236 g/mol. The van der Waals surface area contributed by atoms with Crippen molar-refractivity contribution in [1.29, 1.82) is 0 Å². The lowest BCUT2D eigenvalue weighted by Crippen LogP contribution is -2.37. The highest BCUT2D eigenvalue weighted by molar-refractivity contribution is 7.89. The number of sulfonamides is 1. The third-order valence-corrected chi connectivity index (χ3v) is 4.25. The van der Waals surface area contributed by atoms with Crippen LogP contribution in [-0.4, -0.2) is 38.1 Å². The molecule has 0 bridgehead atoms. The van der Waals surface area contributed by atoms with E-state index < -0.39 is 10.0 Å². The first-order chi connectivity index (χ1) is 7.08. The van der Waals surface area contributed by atoms with Crippen molar-refractivity contribution in [3.63, 3.8) is 0 Å². The quantitative estimate of drug-likeness (QED) is 0.654. The lowest BCUT2D eigenvalue weighted by Gasteiger charge is -2.21. The zero-order chi connectivity index (χ0) is 11.7. The molecule has 0 atom stereocenters. The molecule has 0 radical (unpaired) electrons. The van der Waals surface area contributed by atoms with E-state index in [0.717, 1.165) is 25.7 Å². The van der Waals surface area contributed by atoms with Gasteiger partial charge in [-0.25, -0.2) is 12.7 Å². The van der Waals surface area contributed by atoms with Crippen LogP contribution < -0.4 is 5.73 Å². The Kier molecular flexibility index (Phi) is 8.00. The summed E-state index contributed by atoms with van der Waals surface area (Å²) in [7, 11) is -3.07. The highest BCUT2D eigenvalue weighted by Gasteiger charge is 2.19. The second-order valence-electron chi connectivity index (χ2n) is 3.71. The molecule has 15 heavy (non-hydrogen) atoms. The van der Waals surface area contributed by atoms with Gasteiger partial charge in [0.2, 0.25) is 10.0 Å². The van der Waals surface area contributed by atoms with Crippen LogP contribution in [0.25, 0.3) is 0 Å². The van der Waals surface area contributed by atoms with Gasteiger partial charge in [0.25, 0.3) is 0 Å². The maximum atomic E-state index is 11.9. The van der Waals surface area contributed by atoms with Gasteiger partial charge in [0.05, 0.1) is 5.75 Å². The number of unbranched alkanes of at least 4 members (excludes halogenated alkanes) is 2. The van der Waals surface area contributed by atoms with Crippen LogP contribution in [-0.2, 0) is 10.0 Å². The fraction of sp³-hybridized carbons (Fsp3) is 1.00. The Morgan fingerprint density at radius 2 is 1.67 bits per heavy atom. The first-order valence-corrected chi connectivity index (χ1v) is 7.37. The zero-order valence-electron chi connectivity index (χ0n) is 9.91. The van der Waals surface area contributed by atoms with Gasteiger partial charge in [-0.3, -0.25) is 0 Å². The second-order valence-corrected chi connectivity index (χ2v) is 5.80. The average molecular weight is 236 g/mol. The third kappa shape index (κ3) is 6.12. The van der Waals surface area contributed by atoms with Crippen LogP contribution in [0.2, 0.25) is 0 Å². The van der Waals surface area contributed by atoms with E-state index in [1.54, 1.807) is 0 Å². The van der Waals surface area contributed by atoms with Crippen molar-refractivity contribution in [3.05, 3.63) is 0 Å². The van der Waals surface area contributed by atoms with E-state index in [-0.39, 0.29) is 5.75 Å². The van der Waals surface area contributed by atoms with Crippen molar-refractivity contribution < 1.29 is 8.42 Å². The maximum absolute atomic E-state index is 11.9. The minimum absolute atomic E-state index is 0.257. The van der Waals surface area contributed by atoms with Crippen LogP contribution in [0.15, 0.2) is 0 Å². The molecule has 92 valence electrons. The summed E-state index contributed by atoms with van der Waals surface area (Å²) >= 11 is 0. The molecule has 0 saturated carbocycles. The van der Waals surface area contributed by atoms with Crippen LogP contribution in [0, 0.1) is 0 Å². The van der Waals surface area contributed by atoms with E-state index >= 15 is 0 Å². The molecular weight excluding hydrogens is 212 g/mol. The molecule has 2 N–H and O–H groups in total. The molecule has 0 spiro atoms. The molecule has 0 amide bonds. The summed E-state index contributed by atoms with van der Waals surface area (Å²) in [6.07, 6.45) is 3.55. The topological polar surface area (TPSA) is 63.4 Å². The van der Waals surface area contributed by atoms with Gasteiger partial charge in [-0.05, 0) is 12.8 Å². The first kappa shape index (κ1) is 14.9. The number of nitrogens with zero attached hydrogens (tertiary/aromatic N) is 1. The summed E-state index contributed by atoms with van der Waals surface area (Å²) in [4.78, 5) is 0. The molecule has 0 fully saturated rings. The largest absolute Gasteiger partial charge is 0.329 e. The predicted octanol–water partition coefficient (Wildman–Crippen LogP) is 1.18. The molecule has 0 aromatic rings. The Morgan fingerprint density at radius 1 is 1.07 bits per heavy atom. The average Bonchev–Trinajstić information content (AvgIpc) is 2.21. The van der Waals surface area contributed by atoms with Crippen LogP contribution in [0.3, 0.4) is 0 Å². The minimum Gasteiger partial charge on any atom is -0.329 e. The lowest BCUT2D eigenvalue weighted by atomic mass is 10.3. The summed E-state index contributed by atoms with van der Waals surface area (Å²) in [5, 5.41) is 0. The molecule has 0 heterocycles. The van der Waals surface area contributed by atoms with Crippen LogP contribution in [0.4, 0.5) is 0 Å². The normalized spacial score (nSPS) is 12.3. The Labute approximate surface area is 93.9 Å². The fourth-order valence-corrected chi connectivity index (χ4v) is 3.03. The van der Waals surface area contributed by atoms with Crippen molar-refractivity contribution in [2.24, 2.45) is 5.73 Å². The Balaban J connectivity index is 4.30. The number of rotatable bonds is 9. The highest BCUT2D eigenvalue weighted by atomic mass is 32.2. The fourth-order valence-electron chi connectivity index (χ4n) is 1.32. The summed E-state index contributed by atoms with van der Waals surface area (Å²) in [6, 6.07) is 0. The van der Waals surface area contributed by atoms with Crippen molar-refractivity contribution in [3.8, 4) is 0 Å². The van der Waals surface area contributed by atoms with Crippen LogP contribution in [0.5, 0.6) is 0 Å². The molecule has 5 heteroatoms. The SMILES string of the molecule is CCCCN(CCN)S(=O)(=O)CCCC. The van der Waals surface area contributed by atoms with Gasteiger partial charge in [0, 0.05) is 19.6 Å². The van der Waals surface area contributed by atoms with Gasteiger partial charge in [-0.1, -0.05) is 26.7 Å². The van der Waals surface area contributed by atoms with E-state index in [1.807, 2.05) is 6.92 Å². The molecule has 0 aromatic heterocycles. The highest BCUT2D eigenvalue weighted by Crippen LogP contribution is 2.06. The smallest absolute Gasteiger partial charge is 0.214 e. The Bertz CT molecular complexity index is 240.